The van der Waals surface area contributed by atoms with Gasteiger partial charge in [0.25, 0.3) is 5.91 Å². The molecule has 1 aliphatic rings. The minimum absolute atomic E-state index is 0.0114. The SMILES string of the molecule is Cc1ccc(CC(Cl)c2ccc3c(c2)C(=O)NCC3)cc1. The van der Waals surface area contributed by atoms with Gasteiger partial charge < -0.3 is 5.32 Å². The van der Waals surface area contributed by atoms with Crippen LogP contribution < -0.4 is 5.32 Å². The summed E-state index contributed by atoms with van der Waals surface area (Å²) in [5, 5.41) is 2.76. The number of halogens is 1. The van der Waals surface area contributed by atoms with Gasteiger partial charge in [0.05, 0.1) is 5.38 Å². The number of hydrogen-bond donors (Lipinski definition) is 1. The smallest absolute Gasteiger partial charge is 0.251 e. The lowest BCUT2D eigenvalue weighted by atomic mass is 9.95. The van der Waals surface area contributed by atoms with Crippen molar-refractivity contribution in [2.75, 3.05) is 6.54 Å². The summed E-state index contributed by atoms with van der Waals surface area (Å²) in [5.74, 6) is 0.0114. The van der Waals surface area contributed by atoms with Crippen molar-refractivity contribution < 1.29 is 4.79 Å². The van der Waals surface area contributed by atoms with E-state index in [0.29, 0.717) is 0 Å². The van der Waals surface area contributed by atoms with E-state index < -0.39 is 0 Å². The molecule has 0 bridgehead atoms. The average Bonchev–Trinajstić information content (AvgIpc) is 2.50. The molecule has 1 aliphatic heterocycles. The Labute approximate surface area is 130 Å². The van der Waals surface area contributed by atoms with Crippen molar-refractivity contribution in [2.24, 2.45) is 0 Å². The summed E-state index contributed by atoms with van der Waals surface area (Å²) < 4.78 is 0. The molecule has 21 heavy (non-hydrogen) atoms. The number of hydrogen-bond acceptors (Lipinski definition) is 1. The van der Waals surface area contributed by atoms with E-state index >= 15 is 0 Å². The fraction of sp³-hybridized carbons (Fsp3) is 0.278. The molecule has 0 radical (unpaired) electrons. The first kappa shape index (κ1) is 14.2. The van der Waals surface area contributed by atoms with E-state index in [0.717, 1.165) is 36.1 Å². The average molecular weight is 300 g/mol. The Morgan fingerprint density at radius 2 is 1.95 bits per heavy atom. The Kier molecular flexibility index (Phi) is 3.98. The van der Waals surface area contributed by atoms with E-state index in [1.165, 1.54) is 11.1 Å². The van der Waals surface area contributed by atoms with Gasteiger partial charge in [0.1, 0.15) is 0 Å². The van der Waals surface area contributed by atoms with Gasteiger partial charge >= 0.3 is 0 Å². The molecule has 3 rings (SSSR count). The second kappa shape index (κ2) is 5.90. The molecule has 0 saturated carbocycles. The number of alkyl halides is 1. The quantitative estimate of drug-likeness (QED) is 0.858. The number of amides is 1. The Bertz CT molecular complexity index is 663. The maximum absolute atomic E-state index is 11.9. The molecule has 2 aromatic carbocycles. The summed E-state index contributed by atoms with van der Waals surface area (Å²) in [6, 6.07) is 14.4. The maximum Gasteiger partial charge on any atom is 0.251 e. The van der Waals surface area contributed by atoms with Crippen LogP contribution in [0.25, 0.3) is 0 Å². The number of carbonyl (C=O) groups is 1. The first-order valence-corrected chi connectivity index (χ1v) is 7.68. The Morgan fingerprint density at radius 1 is 1.19 bits per heavy atom. The molecule has 2 nitrogen and oxygen atoms in total. The minimum Gasteiger partial charge on any atom is -0.352 e. The van der Waals surface area contributed by atoms with Crippen LogP contribution in [-0.4, -0.2) is 12.5 Å². The van der Waals surface area contributed by atoms with Gasteiger partial charge in [0.2, 0.25) is 0 Å². The van der Waals surface area contributed by atoms with Crippen LogP contribution >= 0.6 is 11.6 Å². The molecular formula is C18H18ClNO. The third-order valence-electron chi connectivity index (χ3n) is 3.96. The second-order valence-electron chi connectivity index (χ2n) is 5.58. The van der Waals surface area contributed by atoms with E-state index in [2.05, 4.69) is 36.5 Å². The maximum atomic E-state index is 11.9. The van der Waals surface area contributed by atoms with Crippen molar-refractivity contribution in [1.82, 2.24) is 5.32 Å². The fourth-order valence-corrected chi connectivity index (χ4v) is 2.99. The van der Waals surface area contributed by atoms with Gasteiger partial charge in [-0.15, -0.1) is 11.6 Å². The van der Waals surface area contributed by atoms with Crippen molar-refractivity contribution in [3.05, 3.63) is 70.3 Å². The van der Waals surface area contributed by atoms with Crippen molar-refractivity contribution in [3.63, 3.8) is 0 Å². The van der Waals surface area contributed by atoms with Crippen LogP contribution in [0.1, 0.15) is 38.0 Å². The molecule has 0 aromatic heterocycles. The summed E-state index contributed by atoms with van der Waals surface area (Å²) in [6.45, 7) is 2.79. The third-order valence-corrected chi connectivity index (χ3v) is 4.36. The number of aryl methyl sites for hydroxylation is 1. The molecular weight excluding hydrogens is 282 g/mol. The van der Waals surface area contributed by atoms with Gasteiger partial charge in [-0.2, -0.15) is 0 Å². The van der Waals surface area contributed by atoms with Crippen molar-refractivity contribution in [1.29, 1.82) is 0 Å². The van der Waals surface area contributed by atoms with E-state index in [-0.39, 0.29) is 11.3 Å². The Balaban J connectivity index is 1.81. The number of benzene rings is 2. The van der Waals surface area contributed by atoms with Crippen LogP contribution in [0.5, 0.6) is 0 Å². The fourth-order valence-electron chi connectivity index (χ4n) is 2.67. The van der Waals surface area contributed by atoms with E-state index in [1.54, 1.807) is 0 Å². The molecule has 0 fully saturated rings. The summed E-state index contributed by atoms with van der Waals surface area (Å²) in [7, 11) is 0. The lowest BCUT2D eigenvalue weighted by Gasteiger charge is -2.18. The first-order valence-electron chi connectivity index (χ1n) is 7.24. The third kappa shape index (κ3) is 3.11. The van der Waals surface area contributed by atoms with Crippen LogP contribution in [0.2, 0.25) is 0 Å². The number of rotatable bonds is 3. The lowest BCUT2D eigenvalue weighted by molar-refractivity contribution is 0.0946. The molecule has 2 aromatic rings. The number of fused-ring (bicyclic) bond motifs is 1. The second-order valence-corrected chi connectivity index (χ2v) is 6.11. The van der Waals surface area contributed by atoms with Crippen molar-refractivity contribution >= 4 is 17.5 Å². The standard InChI is InChI=1S/C18H18ClNO/c1-12-2-4-13(5-3-12)10-17(19)15-7-6-14-8-9-20-18(21)16(14)11-15/h2-7,11,17H,8-10H2,1H3,(H,20,21). The highest BCUT2D eigenvalue weighted by Crippen LogP contribution is 2.28. The van der Waals surface area contributed by atoms with Gasteiger partial charge in [0.15, 0.2) is 0 Å². The lowest BCUT2D eigenvalue weighted by Crippen LogP contribution is -2.31. The Hall–Kier alpha value is -1.80. The largest absolute Gasteiger partial charge is 0.352 e. The minimum atomic E-state index is -0.118. The van der Waals surface area contributed by atoms with Crippen LogP contribution in [-0.2, 0) is 12.8 Å². The predicted molar refractivity (Wildman–Crippen MR) is 86.0 cm³/mol. The topological polar surface area (TPSA) is 29.1 Å². The summed E-state index contributed by atoms with van der Waals surface area (Å²) in [5.41, 5.74) is 5.35. The monoisotopic (exact) mass is 299 g/mol. The number of nitrogens with one attached hydrogen (secondary N) is 1. The van der Waals surface area contributed by atoms with Crippen LogP contribution in [0.4, 0.5) is 0 Å². The zero-order valence-electron chi connectivity index (χ0n) is 12.0. The first-order chi connectivity index (χ1) is 10.1. The molecule has 3 heteroatoms. The highest BCUT2D eigenvalue weighted by Gasteiger charge is 2.18. The summed E-state index contributed by atoms with van der Waals surface area (Å²) in [6.07, 6.45) is 1.66. The van der Waals surface area contributed by atoms with Crippen LogP contribution in [0.15, 0.2) is 42.5 Å². The van der Waals surface area contributed by atoms with Gasteiger partial charge in [-0.05, 0) is 42.5 Å². The molecule has 1 heterocycles. The number of carbonyl (C=O) groups excluding carboxylic acids is 1. The van der Waals surface area contributed by atoms with Gasteiger partial charge in [-0.1, -0.05) is 42.0 Å². The van der Waals surface area contributed by atoms with Gasteiger partial charge in [-0.3, -0.25) is 4.79 Å². The summed E-state index contributed by atoms with van der Waals surface area (Å²) >= 11 is 6.54. The molecule has 0 spiro atoms. The molecule has 0 aliphatic carbocycles. The van der Waals surface area contributed by atoms with E-state index in [1.807, 2.05) is 18.2 Å². The van der Waals surface area contributed by atoms with Crippen LogP contribution in [0.3, 0.4) is 0 Å². The van der Waals surface area contributed by atoms with E-state index in [4.69, 9.17) is 11.6 Å². The molecule has 1 N–H and O–H groups in total. The van der Waals surface area contributed by atoms with Crippen LogP contribution in [0, 0.1) is 6.92 Å². The molecule has 0 saturated heterocycles. The van der Waals surface area contributed by atoms with Gasteiger partial charge in [-0.25, -0.2) is 0 Å². The van der Waals surface area contributed by atoms with Gasteiger partial charge in [0, 0.05) is 12.1 Å². The normalized spacial score (nSPS) is 15.2. The molecule has 108 valence electrons. The summed E-state index contributed by atoms with van der Waals surface area (Å²) in [4.78, 5) is 11.9. The highest BCUT2D eigenvalue weighted by atomic mass is 35.5. The zero-order valence-corrected chi connectivity index (χ0v) is 12.8. The Morgan fingerprint density at radius 3 is 2.71 bits per heavy atom. The molecule has 1 unspecified atom stereocenters. The predicted octanol–water partition coefficient (Wildman–Crippen LogP) is 3.80. The molecule has 1 amide bonds. The van der Waals surface area contributed by atoms with E-state index in [9.17, 15) is 4.79 Å². The zero-order chi connectivity index (χ0) is 14.8. The van der Waals surface area contributed by atoms with Crippen molar-refractivity contribution in [2.45, 2.75) is 25.1 Å². The molecule has 1 atom stereocenters. The van der Waals surface area contributed by atoms with Crippen molar-refractivity contribution in [3.8, 4) is 0 Å². The highest BCUT2D eigenvalue weighted by molar-refractivity contribution is 6.21.